The number of ether oxygens (including phenoxy) is 1. The third kappa shape index (κ3) is 6.11. The van der Waals surface area contributed by atoms with Gasteiger partial charge in [0.2, 0.25) is 9.84 Å². The molecule has 0 atom stereocenters. The molecule has 0 fully saturated rings. The lowest BCUT2D eigenvalue weighted by atomic mass is 10.2. The molecule has 0 unspecified atom stereocenters. The molecule has 0 saturated carbocycles. The molecule has 0 radical (unpaired) electrons. The lowest BCUT2D eigenvalue weighted by Gasteiger charge is -2.13. The molecule has 12 heteroatoms. The summed E-state index contributed by atoms with van der Waals surface area (Å²) in [6.45, 7) is 3.56. The summed E-state index contributed by atoms with van der Waals surface area (Å²) in [5, 5.41) is 0. The van der Waals surface area contributed by atoms with Crippen molar-refractivity contribution in [1.29, 1.82) is 0 Å². The van der Waals surface area contributed by atoms with E-state index in [1.54, 1.807) is 38.1 Å². The largest absolute Gasteiger partial charge is 0.476 e. The molecule has 3 rings (SSSR count). The molecule has 1 N–H and O–H groups in total. The summed E-state index contributed by atoms with van der Waals surface area (Å²) in [6.07, 6.45) is 0. The molecule has 33 heavy (non-hydrogen) atoms. The van der Waals surface area contributed by atoms with Gasteiger partial charge in [0.15, 0.2) is 5.94 Å². The minimum atomic E-state index is -4.91. The average molecular weight is 513 g/mol. The summed E-state index contributed by atoms with van der Waals surface area (Å²) in [6, 6.07) is 14.5. The van der Waals surface area contributed by atoms with Crippen LogP contribution in [0, 0.1) is 13.8 Å². The van der Waals surface area contributed by atoms with Gasteiger partial charge in [-0.2, -0.15) is 16.8 Å². The zero-order chi connectivity index (χ0) is 24.4. The van der Waals surface area contributed by atoms with Gasteiger partial charge in [-0.25, -0.2) is 8.42 Å². The molecule has 0 aliphatic heterocycles. The van der Waals surface area contributed by atoms with Crippen LogP contribution >= 0.6 is 0 Å². The van der Waals surface area contributed by atoms with Gasteiger partial charge in [0.05, 0.1) is 4.90 Å². The highest BCUT2D eigenvalue weighted by Crippen LogP contribution is 2.30. The van der Waals surface area contributed by atoms with Crippen molar-refractivity contribution in [3.05, 3.63) is 77.9 Å². The average Bonchev–Trinajstić information content (AvgIpc) is 2.72. The van der Waals surface area contributed by atoms with Crippen LogP contribution in [0.5, 0.6) is 11.5 Å². The molecule has 3 aromatic carbocycles. The Hall–Kier alpha value is -2.93. The van der Waals surface area contributed by atoms with Crippen LogP contribution < -0.4 is 8.92 Å². The summed E-state index contributed by atoms with van der Waals surface area (Å²) in [5.74, 6) is -1.83. The van der Waals surface area contributed by atoms with E-state index in [1.165, 1.54) is 24.3 Å². The Kier molecular flexibility index (Phi) is 6.84. The summed E-state index contributed by atoms with van der Waals surface area (Å²) in [5.41, 5.74) is 1.67. The van der Waals surface area contributed by atoms with Crippen LogP contribution in [0.25, 0.3) is 0 Å². The van der Waals surface area contributed by atoms with E-state index in [1.807, 2.05) is 0 Å². The first kappa shape index (κ1) is 24.7. The van der Waals surface area contributed by atoms with Crippen molar-refractivity contribution >= 4 is 30.1 Å². The molecule has 0 heterocycles. The Labute approximate surface area is 192 Å². The SMILES string of the molecule is Cc1ccc(S(=O)(=O)COc2ccc(OS(=O)(=O)c3ccc(C)cc3)cc2S(=O)(=O)O)cc1. The Morgan fingerprint density at radius 3 is 1.76 bits per heavy atom. The van der Waals surface area contributed by atoms with E-state index in [2.05, 4.69) is 0 Å². The molecule has 0 aromatic heterocycles. The van der Waals surface area contributed by atoms with Crippen molar-refractivity contribution in [2.24, 2.45) is 0 Å². The van der Waals surface area contributed by atoms with Gasteiger partial charge in [0.25, 0.3) is 10.1 Å². The van der Waals surface area contributed by atoms with Crippen LogP contribution in [-0.4, -0.2) is 35.7 Å². The second-order valence-electron chi connectivity index (χ2n) is 7.12. The predicted molar refractivity (Wildman–Crippen MR) is 119 cm³/mol. The molecule has 0 amide bonds. The molecule has 0 bridgehead atoms. The van der Waals surface area contributed by atoms with Crippen LogP contribution in [-0.2, 0) is 30.1 Å². The van der Waals surface area contributed by atoms with E-state index in [4.69, 9.17) is 8.92 Å². The molecular weight excluding hydrogens is 492 g/mol. The van der Waals surface area contributed by atoms with Crippen LogP contribution in [0.15, 0.2) is 81.4 Å². The van der Waals surface area contributed by atoms with Crippen molar-refractivity contribution in [3.8, 4) is 11.5 Å². The minimum Gasteiger partial charge on any atom is -0.476 e. The molecule has 0 saturated heterocycles. The van der Waals surface area contributed by atoms with Crippen LogP contribution in [0.1, 0.15) is 11.1 Å². The summed E-state index contributed by atoms with van der Waals surface area (Å²) in [7, 11) is -13.1. The Morgan fingerprint density at radius 2 is 1.24 bits per heavy atom. The number of aryl methyl sites for hydroxylation is 2. The highest BCUT2D eigenvalue weighted by atomic mass is 32.2. The first-order valence-electron chi connectivity index (χ1n) is 9.33. The van der Waals surface area contributed by atoms with E-state index in [-0.39, 0.29) is 9.79 Å². The van der Waals surface area contributed by atoms with Gasteiger partial charge in [-0.05, 0) is 50.2 Å². The Balaban J connectivity index is 1.88. The zero-order valence-corrected chi connectivity index (χ0v) is 19.9. The summed E-state index contributed by atoms with van der Waals surface area (Å²) in [4.78, 5) is -1.05. The fourth-order valence-corrected chi connectivity index (χ4v) is 5.23. The van der Waals surface area contributed by atoms with Crippen molar-refractivity contribution in [3.63, 3.8) is 0 Å². The van der Waals surface area contributed by atoms with E-state index in [9.17, 15) is 29.8 Å². The van der Waals surface area contributed by atoms with E-state index in [0.29, 0.717) is 0 Å². The molecule has 0 aliphatic rings. The smallest absolute Gasteiger partial charge is 0.339 e. The molecular formula is C21H20O9S3. The van der Waals surface area contributed by atoms with Crippen molar-refractivity contribution in [2.45, 2.75) is 28.5 Å². The first-order chi connectivity index (χ1) is 15.3. The van der Waals surface area contributed by atoms with Crippen molar-refractivity contribution in [2.75, 3.05) is 5.94 Å². The fraction of sp³-hybridized carbons (Fsp3) is 0.143. The summed E-state index contributed by atoms with van der Waals surface area (Å²) >= 11 is 0. The normalized spacial score (nSPS) is 12.3. The lowest BCUT2D eigenvalue weighted by Crippen LogP contribution is -2.15. The van der Waals surface area contributed by atoms with Crippen LogP contribution in [0.3, 0.4) is 0 Å². The topological polar surface area (TPSA) is 141 Å². The first-order valence-corrected chi connectivity index (χ1v) is 13.8. The van der Waals surface area contributed by atoms with Gasteiger partial charge < -0.3 is 8.92 Å². The maximum Gasteiger partial charge on any atom is 0.339 e. The predicted octanol–water partition coefficient (Wildman–Crippen LogP) is 3.13. The number of rotatable bonds is 8. The molecule has 0 spiro atoms. The Bertz CT molecular complexity index is 1470. The standard InChI is InChI=1S/C21H20O9S3/c1-15-3-8-18(9-4-15)31(22,23)14-29-20-12-7-17(13-21(20)32(24,25)26)30-33(27,28)19-10-5-16(2)6-11-19/h3-13H,14H2,1-2H3,(H,24,25,26). The monoisotopic (exact) mass is 512 g/mol. The second-order valence-corrected chi connectivity index (χ2v) is 12.0. The van der Waals surface area contributed by atoms with Gasteiger partial charge in [0, 0.05) is 6.07 Å². The van der Waals surface area contributed by atoms with Crippen molar-refractivity contribution in [1.82, 2.24) is 0 Å². The van der Waals surface area contributed by atoms with Gasteiger partial charge in [0.1, 0.15) is 21.3 Å². The number of hydrogen-bond donors (Lipinski definition) is 1. The van der Waals surface area contributed by atoms with Gasteiger partial charge >= 0.3 is 10.1 Å². The van der Waals surface area contributed by atoms with E-state index in [0.717, 1.165) is 29.3 Å². The zero-order valence-electron chi connectivity index (χ0n) is 17.5. The van der Waals surface area contributed by atoms with E-state index >= 15 is 0 Å². The maximum absolute atomic E-state index is 12.5. The van der Waals surface area contributed by atoms with Crippen molar-refractivity contribution < 1.29 is 38.7 Å². The lowest BCUT2D eigenvalue weighted by molar-refractivity contribution is 0.362. The number of benzene rings is 3. The third-order valence-corrected chi connectivity index (χ3v) is 8.01. The Morgan fingerprint density at radius 1 is 0.727 bits per heavy atom. The number of sulfone groups is 1. The third-order valence-electron chi connectivity index (χ3n) is 4.46. The summed E-state index contributed by atoms with van der Waals surface area (Å²) < 4.78 is 93.2. The maximum atomic E-state index is 12.5. The second kappa shape index (κ2) is 9.14. The number of hydrogen-bond acceptors (Lipinski definition) is 8. The van der Waals surface area contributed by atoms with Crippen LogP contribution in [0.2, 0.25) is 0 Å². The van der Waals surface area contributed by atoms with Gasteiger partial charge in [-0.1, -0.05) is 35.4 Å². The molecule has 9 nitrogen and oxygen atoms in total. The van der Waals surface area contributed by atoms with E-state index < -0.39 is 52.4 Å². The quantitative estimate of drug-likeness (QED) is 0.356. The minimum absolute atomic E-state index is 0.0364. The highest BCUT2D eigenvalue weighted by molar-refractivity contribution is 7.91. The molecule has 0 aliphatic carbocycles. The highest BCUT2D eigenvalue weighted by Gasteiger charge is 2.24. The molecule has 3 aromatic rings. The van der Waals surface area contributed by atoms with Gasteiger partial charge in [-0.3, -0.25) is 4.55 Å². The van der Waals surface area contributed by atoms with Crippen LogP contribution in [0.4, 0.5) is 0 Å². The van der Waals surface area contributed by atoms with Gasteiger partial charge in [-0.15, -0.1) is 0 Å². The fourth-order valence-electron chi connectivity index (χ4n) is 2.70. The molecule has 176 valence electrons.